The maximum atomic E-state index is 13.1. The molecule has 6 rings (SSSR count). The lowest BCUT2D eigenvalue weighted by Crippen LogP contribution is -2.62. The number of nitrogens with one attached hydrogen (secondary N) is 1. The summed E-state index contributed by atoms with van der Waals surface area (Å²) in [5.41, 5.74) is 3.43. The molecule has 9 nitrogen and oxygen atoms in total. The fourth-order valence-electron chi connectivity index (χ4n) is 4.92. The molecule has 4 heterocycles. The molecule has 1 fully saturated rings. The third-order valence-electron chi connectivity index (χ3n) is 6.22. The van der Waals surface area contributed by atoms with Gasteiger partial charge in [-0.15, -0.1) is 0 Å². The van der Waals surface area contributed by atoms with Crippen molar-refractivity contribution < 1.29 is 29.3 Å². The van der Waals surface area contributed by atoms with Crippen LogP contribution in [0.15, 0.2) is 42.5 Å². The number of aliphatic hydroxyl groups is 2. The van der Waals surface area contributed by atoms with Crippen LogP contribution in [0.25, 0.3) is 10.9 Å². The van der Waals surface area contributed by atoms with Crippen LogP contribution in [-0.4, -0.2) is 62.6 Å². The van der Waals surface area contributed by atoms with Crippen LogP contribution in [0.4, 0.5) is 0 Å². The van der Waals surface area contributed by atoms with Crippen molar-refractivity contribution in [3.05, 3.63) is 59.3 Å². The first-order chi connectivity index (χ1) is 14.8. The van der Waals surface area contributed by atoms with Crippen LogP contribution >= 0.6 is 0 Å². The number of ether oxygens (including phenoxy) is 2. The van der Waals surface area contributed by atoms with Crippen LogP contribution in [0.2, 0.25) is 0 Å². The molecule has 0 radical (unpaired) electrons. The number of fused-ring (bicyclic) bond motifs is 5. The number of hydrogen-bond donors (Lipinski definition) is 3. The Hall–Kier alpha value is -3.56. The molecule has 2 atom stereocenters. The van der Waals surface area contributed by atoms with E-state index in [1.807, 2.05) is 24.3 Å². The minimum absolute atomic E-state index is 0.00232. The van der Waals surface area contributed by atoms with Gasteiger partial charge in [0, 0.05) is 30.1 Å². The standard InChI is InChI=1S/C22H19N3O6/c1-24-10-18(26)25-15(21(24)27)9-13-12-4-2-3-5-14(12)23-19(13)20(25)11-6-7-16-17(8-11)31-22(28,29)30-16/h2-8,15,20,23,28-29H,9-10H2,1H3/t15-,20?/m1/s1. The van der Waals surface area contributed by atoms with Gasteiger partial charge in [-0.05, 0) is 29.3 Å². The molecule has 3 aliphatic heterocycles. The first-order valence-electron chi connectivity index (χ1n) is 9.95. The predicted molar refractivity (Wildman–Crippen MR) is 107 cm³/mol. The lowest BCUT2D eigenvalue weighted by atomic mass is 9.86. The molecule has 2 aromatic carbocycles. The fourth-order valence-corrected chi connectivity index (χ4v) is 4.92. The zero-order chi connectivity index (χ0) is 21.5. The van der Waals surface area contributed by atoms with Gasteiger partial charge in [0.1, 0.15) is 6.04 Å². The third kappa shape index (κ3) is 2.57. The van der Waals surface area contributed by atoms with Crippen LogP contribution in [-0.2, 0) is 16.0 Å². The van der Waals surface area contributed by atoms with E-state index >= 15 is 0 Å². The molecule has 0 aliphatic carbocycles. The normalized spacial score (nSPS) is 23.8. The van der Waals surface area contributed by atoms with E-state index in [-0.39, 0.29) is 29.9 Å². The third-order valence-corrected chi connectivity index (χ3v) is 6.22. The van der Waals surface area contributed by atoms with E-state index in [2.05, 4.69) is 4.98 Å². The highest BCUT2D eigenvalue weighted by Crippen LogP contribution is 2.45. The maximum Gasteiger partial charge on any atom is 0.505 e. The van der Waals surface area contributed by atoms with Gasteiger partial charge in [-0.25, -0.2) is 0 Å². The topological polar surface area (TPSA) is 115 Å². The lowest BCUT2D eigenvalue weighted by molar-refractivity contribution is -0.385. The summed E-state index contributed by atoms with van der Waals surface area (Å²) in [6.45, 7) is 0.00232. The highest BCUT2D eigenvalue weighted by molar-refractivity contribution is 5.97. The number of benzene rings is 2. The number of amides is 2. The summed E-state index contributed by atoms with van der Waals surface area (Å²) < 4.78 is 10.0. The van der Waals surface area contributed by atoms with Crippen molar-refractivity contribution in [2.24, 2.45) is 0 Å². The largest absolute Gasteiger partial charge is 0.505 e. The molecule has 1 aromatic heterocycles. The highest BCUT2D eigenvalue weighted by atomic mass is 17.0. The van der Waals surface area contributed by atoms with Gasteiger partial charge < -0.3 is 24.3 Å². The number of para-hydroxylation sites is 1. The van der Waals surface area contributed by atoms with E-state index in [4.69, 9.17) is 9.47 Å². The van der Waals surface area contributed by atoms with Gasteiger partial charge in [-0.2, -0.15) is 0 Å². The van der Waals surface area contributed by atoms with E-state index < -0.39 is 18.2 Å². The van der Waals surface area contributed by atoms with Gasteiger partial charge >= 0.3 is 6.16 Å². The van der Waals surface area contributed by atoms with Gasteiger partial charge in [0.25, 0.3) is 0 Å². The van der Waals surface area contributed by atoms with E-state index in [1.165, 1.54) is 4.90 Å². The number of rotatable bonds is 1. The Kier molecular flexibility index (Phi) is 3.52. The van der Waals surface area contributed by atoms with Crippen molar-refractivity contribution in [1.82, 2.24) is 14.8 Å². The summed E-state index contributed by atoms with van der Waals surface area (Å²) in [6, 6.07) is 11.6. The molecule has 0 bridgehead atoms. The molecule has 158 valence electrons. The second-order valence-electron chi connectivity index (χ2n) is 8.14. The molecule has 2 amide bonds. The lowest BCUT2D eigenvalue weighted by Gasteiger charge is -2.46. The summed E-state index contributed by atoms with van der Waals surface area (Å²) in [7, 11) is 1.64. The van der Waals surface area contributed by atoms with Crippen LogP contribution in [0.5, 0.6) is 11.5 Å². The molecule has 0 spiro atoms. The summed E-state index contributed by atoms with van der Waals surface area (Å²) in [5.74, 6) is 0.0673. The molecular formula is C22H19N3O6. The maximum absolute atomic E-state index is 13.1. The molecule has 1 unspecified atom stereocenters. The van der Waals surface area contributed by atoms with E-state index in [1.54, 1.807) is 30.1 Å². The number of likely N-dealkylation sites (N-methyl/N-ethyl adjacent to an activating group) is 1. The van der Waals surface area contributed by atoms with Gasteiger partial charge in [-0.1, -0.05) is 24.3 Å². The molecule has 3 aliphatic rings. The smallest absolute Gasteiger partial charge is 0.403 e. The zero-order valence-electron chi connectivity index (χ0n) is 16.5. The molecule has 9 heteroatoms. The van der Waals surface area contributed by atoms with Gasteiger partial charge in [0.2, 0.25) is 11.8 Å². The molecule has 31 heavy (non-hydrogen) atoms. The zero-order valence-corrected chi connectivity index (χ0v) is 16.5. The predicted octanol–water partition coefficient (Wildman–Crippen LogP) is 0.850. The minimum Gasteiger partial charge on any atom is -0.403 e. The fraction of sp³-hybridized carbons (Fsp3) is 0.273. The van der Waals surface area contributed by atoms with Crippen LogP contribution < -0.4 is 9.47 Å². The van der Waals surface area contributed by atoms with Crippen molar-refractivity contribution in [3.8, 4) is 11.5 Å². The van der Waals surface area contributed by atoms with Crippen molar-refractivity contribution in [2.75, 3.05) is 13.6 Å². The van der Waals surface area contributed by atoms with Gasteiger partial charge in [0.05, 0.1) is 12.6 Å². The van der Waals surface area contributed by atoms with Crippen LogP contribution in [0.3, 0.4) is 0 Å². The first kappa shape index (κ1) is 18.2. The number of hydrogen-bond acceptors (Lipinski definition) is 6. The number of piperazine rings is 1. The van der Waals surface area contributed by atoms with Crippen molar-refractivity contribution >= 4 is 22.7 Å². The molecule has 1 saturated heterocycles. The second kappa shape index (κ2) is 5.99. The Bertz CT molecular complexity index is 1270. The number of nitrogens with zero attached hydrogens (tertiary/aromatic N) is 2. The Morgan fingerprint density at radius 3 is 2.71 bits per heavy atom. The number of aromatic nitrogens is 1. The van der Waals surface area contributed by atoms with Crippen molar-refractivity contribution in [3.63, 3.8) is 0 Å². The average molecular weight is 421 g/mol. The molecule has 3 aromatic rings. The second-order valence-corrected chi connectivity index (χ2v) is 8.14. The minimum atomic E-state index is -2.73. The number of aromatic amines is 1. The number of H-pyrrole nitrogens is 1. The summed E-state index contributed by atoms with van der Waals surface area (Å²) >= 11 is 0. The van der Waals surface area contributed by atoms with Gasteiger partial charge in [-0.3, -0.25) is 19.8 Å². The van der Waals surface area contributed by atoms with E-state index in [0.29, 0.717) is 12.0 Å². The molecule has 3 N–H and O–H groups in total. The first-order valence-corrected chi connectivity index (χ1v) is 9.95. The monoisotopic (exact) mass is 421 g/mol. The van der Waals surface area contributed by atoms with Crippen molar-refractivity contribution in [2.45, 2.75) is 24.7 Å². The number of carbonyl (C=O) groups is 2. The Labute approximate surface area is 176 Å². The van der Waals surface area contributed by atoms with Crippen LogP contribution in [0.1, 0.15) is 22.9 Å². The Morgan fingerprint density at radius 1 is 1.10 bits per heavy atom. The molecular weight excluding hydrogens is 402 g/mol. The van der Waals surface area contributed by atoms with E-state index in [0.717, 1.165) is 22.2 Å². The number of carbonyl (C=O) groups excluding carboxylic acids is 2. The average Bonchev–Trinajstić information content (AvgIpc) is 3.25. The molecule has 0 saturated carbocycles. The highest BCUT2D eigenvalue weighted by Gasteiger charge is 2.48. The van der Waals surface area contributed by atoms with E-state index in [9.17, 15) is 19.8 Å². The Balaban J connectivity index is 1.56. The van der Waals surface area contributed by atoms with Gasteiger partial charge in [0.15, 0.2) is 11.5 Å². The summed E-state index contributed by atoms with van der Waals surface area (Å²) in [5, 5.41) is 20.3. The van der Waals surface area contributed by atoms with Crippen molar-refractivity contribution in [1.29, 1.82) is 0 Å². The quantitative estimate of drug-likeness (QED) is 0.502. The summed E-state index contributed by atoms with van der Waals surface area (Å²) in [6.07, 6.45) is -2.31. The summed E-state index contributed by atoms with van der Waals surface area (Å²) in [4.78, 5) is 32.7. The Morgan fingerprint density at radius 2 is 1.87 bits per heavy atom. The van der Waals surface area contributed by atoms with Crippen LogP contribution in [0, 0.1) is 0 Å². The SMILES string of the molecule is CN1CC(=O)N2C(c3ccc4c(c3)OC(O)(O)O4)c3[nH]c4ccccc4c3C[C@@H]2C1=O.